The summed E-state index contributed by atoms with van der Waals surface area (Å²) in [6, 6.07) is 4.89. The van der Waals surface area contributed by atoms with Gasteiger partial charge in [0.2, 0.25) is 0 Å². The molecule has 1 amide bonds. The number of hydrogen-bond donors (Lipinski definition) is 1. The fraction of sp³-hybridized carbons (Fsp3) is 0.588. The second-order valence-corrected chi connectivity index (χ2v) is 6.34. The highest BCUT2D eigenvalue weighted by Gasteiger charge is 2.40. The molecule has 0 aromatic heterocycles. The van der Waals surface area contributed by atoms with Gasteiger partial charge in [0.15, 0.2) is 0 Å². The minimum Gasteiger partial charge on any atom is -0.366 e. The molecule has 1 heterocycles. The zero-order chi connectivity index (χ0) is 17.3. The first kappa shape index (κ1) is 17.2. The van der Waals surface area contributed by atoms with Gasteiger partial charge in [0.25, 0.3) is 5.91 Å². The summed E-state index contributed by atoms with van der Waals surface area (Å²) >= 11 is 0. The van der Waals surface area contributed by atoms with Gasteiger partial charge in [-0.15, -0.1) is 0 Å². The van der Waals surface area contributed by atoms with Gasteiger partial charge < -0.3 is 15.0 Å². The van der Waals surface area contributed by atoms with Crippen molar-refractivity contribution in [3.8, 4) is 0 Å². The van der Waals surface area contributed by atoms with Crippen molar-refractivity contribution in [3.05, 3.63) is 35.4 Å². The molecule has 1 aromatic carbocycles. The van der Waals surface area contributed by atoms with Crippen molar-refractivity contribution in [2.45, 2.75) is 44.1 Å². The van der Waals surface area contributed by atoms with Crippen LogP contribution in [-0.2, 0) is 15.7 Å². The molecule has 1 aromatic rings. The number of carbonyl (C=O) groups excluding carboxylic acids is 1. The van der Waals surface area contributed by atoms with Gasteiger partial charge in [-0.2, -0.15) is 13.2 Å². The maximum absolute atomic E-state index is 12.9. The molecule has 4 nitrogen and oxygen atoms in total. The van der Waals surface area contributed by atoms with Crippen molar-refractivity contribution in [2.24, 2.45) is 0 Å². The Hall–Kier alpha value is -1.60. The average molecular weight is 342 g/mol. The molecule has 1 aliphatic heterocycles. The number of hydrogen-bond acceptors (Lipinski definition) is 3. The number of ether oxygens (including phenoxy) is 1. The van der Waals surface area contributed by atoms with Gasteiger partial charge in [0.1, 0.15) is 6.10 Å². The SMILES string of the molecule is CC(c1cccc(C(F)(F)F)c1)N(C(=O)C1CNCCO1)C1CC1. The predicted molar refractivity (Wildman–Crippen MR) is 82.3 cm³/mol. The van der Waals surface area contributed by atoms with E-state index >= 15 is 0 Å². The topological polar surface area (TPSA) is 41.6 Å². The Morgan fingerprint density at radius 1 is 1.38 bits per heavy atom. The molecule has 2 atom stereocenters. The van der Waals surface area contributed by atoms with Crippen molar-refractivity contribution >= 4 is 5.91 Å². The average Bonchev–Trinajstić information content (AvgIpc) is 3.40. The Kier molecular flexibility index (Phi) is 4.83. The molecule has 132 valence electrons. The summed E-state index contributed by atoms with van der Waals surface area (Å²) in [5, 5.41) is 3.12. The summed E-state index contributed by atoms with van der Waals surface area (Å²) in [6.07, 6.45) is -3.18. The summed E-state index contributed by atoms with van der Waals surface area (Å²) < 4.78 is 44.4. The van der Waals surface area contributed by atoms with Crippen molar-refractivity contribution in [1.29, 1.82) is 0 Å². The van der Waals surface area contributed by atoms with Gasteiger partial charge in [0.05, 0.1) is 18.2 Å². The van der Waals surface area contributed by atoms with E-state index in [0.717, 1.165) is 25.0 Å². The lowest BCUT2D eigenvalue weighted by atomic mass is 10.0. The molecule has 2 unspecified atom stereocenters. The highest BCUT2D eigenvalue weighted by Crippen LogP contribution is 2.37. The molecule has 24 heavy (non-hydrogen) atoms. The quantitative estimate of drug-likeness (QED) is 0.915. The number of alkyl halides is 3. The first-order chi connectivity index (χ1) is 11.4. The van der Waals surface area contributed by atoms with Crippen LogP contribution in [0.1, 0.15) is 36.9 Å². The fourth-order valence-electron chi connectivity index (χ4n) is 3.07. The lowest BCUT2D eigenvalue weighted by Gasteiger charge is -2.34. The maximum atomic E-state index is 12.9. The molecule has 0 spiro atoms. The standard InChI is InChI=1S/C17H21F3N2O2/c1-11(12-3-2-4-13(9-12)17(18,19)20)22(14-5-6-14)16(23)15-10-21-7-8-24-15/h2-4,9,11,14-15,21H,5-8,10H2,1H3. The highest BCUT2D eigenvalue weighted by molar-refractivity contribution is 5.82. The minimum absolute atomic E-state index is 0.0903. The molecular formula is C17H21F3N2O2. The molecule has 1 aliphatic carbocycles. The lowest BCUT2D eigenvalue weighted by molar-refractivity contribution is -0.148. The number of amides is 1. The Morgan fingerprint density at radius 2 is 2.12 bits per heavy atom. The van der Waals surface area contributed by atoms with Crippen LogP contribution >= 0.6 is 0 Å². The van der Waals surface area contributed by atoms with E-state index in [9.17, 15) is 18.0 Å². The van der Waals surface area contributed by atoms with E-state index in [4.69, 9.17) is 4.74 Å². The van der Waals surface area contributed by atoms with Crippen molar-refractivity contribution in [2.75, 3.05) is 19.7 Å². The smallest absolute Gasteiger partial charge is 0.366 e. The van der Waals surface area contributed by atoms with Crippen LogP contribution in [0.3, 0.4) is 0 Å². The third-order valence-electron chi connectivity index (χ3n) is 4.51. The van der Waals surface area contributed by atoms with Gasteiger partial charge in [-0.05, 0) is 37.5 Å². The van der Waals surface area contributed by atoms with Crippen LogP contribution in [0.4, 0.5) is 13.2 Å². The van der Waals surface area contributed by atoms with Gasteiger partial charge in [-0.1, -0.05) is 12.1 Å². The molecule has 2 aliphatic rings. The van der Waals surface area contributed by atoms with E-state index < -0.39 is 23.9 Å². The Labute approximate surface area is 139 Å². The third-order valence-corrected chi connectivity index (χ3v) is 4.51. The van der Waals surface area contributed by atoms with Crippen LogP contribution in [0.15, 0.2) is 24.3 Å². The molecular weight excluding hydrogens is 321 g/mol. The molecule has 0 bridgehead atoms. The molecule has 1 N–H and O–H groups in total. The number of halogens is 3. The van der Waals surface area contributed by atoms with E-state index in [2.05, 4.69) is 5.32 Å². The molecule has 7 heteroatoms. The second kappa shape index (κ2) is 6.72. The molecule has 2 fully saturated rings. The van der Waals surface area contributed by atoms with Gasteiger partial charge in [0, 0.05) is 19.1 Å². The van der Waals surface area contributed by atoms with Crippen LogP contribution in [0.2, 0.25) is 0 Å². The highest BCUT2D eigenvalue weighted by atomic mass is 19.4. The van der Waals surface area contributed by atoms with Crippen LogP contribution in [0.5, 0.6) is 0 Å². The van der Waals surface area contributed by atoms with Crippen molar-refractivity contribution in [3.63, 3.8) is 0 Å². The summed E-state index contributed by atoms with van der Waals surface area (Å²) in [5.41, 5.74) is -0.195. The third kappa shape index (κ3) is 3.72. The lowest BCUT2D eigenvalue weighted by Crippen LogP contribution is -2.50. The van der Waals surface area contributed by atoms with Gasteiger partial charge in [-0.25, -0.2) is 0 Å². The predicted octanol–water partition coefficient (Wildman–Crippen LogP) is 2.75. The summed E-state index contributed by atoms with van der Waals surface area (Å²) in [4.78, 5) is 14.5. The number of nitrogens with zero attached hydrogens (tertiary/aromatic N) is 1. The maximum Gasteiger partial charge on any atom is 0.416 e. The van der Waals surface area contributed by atoms with E-state index in [1.807, 2.05) is 0 Å². The van der Waals surface area contributed by atoms with Gasteiger partial charge >= 0.3 is 6.18 Å². The Morgan fingerprint density at radius 3 is 2.71 bits per heavy atom. The first-order valence-electron chi connectivity index (χ1n) is 8.19. The van der Waals surface area contributed by atoms with Crippen LogP contribution < -0.4 is 5.32 Å². The van der Waals surface area contributed by atoms with Crippen LogP contribution in [0.25, 0.3) is 0 Å². The van der Waals surface area contributed by atoms with Crippen molar-refractivity contribution in [1.82, 2.24) is 10.2 Å². The van der Waals surface area contributed by atoms with Crippen LogP contribution in [-0.4, -0.2) is 42.6 Å². The number of benzene rings is 1. The van der Waals surface area contributed by atoms with Crippen LogP contribution in [0, 0.1) is 0 Å². The number of rotatable bonds is 4. The number of morpholine rings is 1. The molecule has 1 saturated heterocycles. The zero-order valence-corrected chi connectivity index (χ0v) is 13.5. The largest absolute Gasteiger partial charge is 0.416 e. The van der Waals surface area contributed by atoms with E-state index in [0.29, 0.717) is 25.3 Å². The Balaban J connectivity index is 1.82. The fourth-order valence-corrected chi connectivity index (χ4v) is 3.07. The molecule has 3 rings (SSSR count). The summed E-state index contributed by atoms with van der Waals surface area (Å²) in [7, 11) is 0. The number of nitrogens with one attached hydrogen (secondary N) is 1. The summed E-state index contributed by atoms with van der Waals surface area (Å²) in [6.45, 7) is 3.39. The first-order valence-corrected chi connectivity index (χ1v) is 8.19. The van der Waals surface area contributed by atoms with Crippen molar-refractivity contribution < 1.29 is 22.7 Å². The summed E-state index contributed by atoms with van der Waals surface area (Å²) in [5.74, 6) is -0.144. The van der Waals surface area contributed by atoms with E-state index in [1.165, 1.54) is 6.07 Å². The minimum atomic E-state index is -4.39. The monoisotopic (exact) mass is 342 g/mol. The normalized spacial score (nSPS) is 22.9. The molecule has 0 radical (unpaired) electrons. The number of carbonyl (C=O) groups is 1. The Bertz CT molecular complexity index is 596. The van der Waals surface area contributed by atoms with E-state index in [1.54, 1.807) is 17.9 Å². The zero-order valence-electron chi connectivity index (χ0n) is 13.5. The second-order valence-electron chi connectivity index (χ2n) is 6.34. The van der Waals surface area contributed by atoms with Gasteiger partial charge in [-0.3, -0.25) is 4.79 Å². The van der Waals surface area contributed by atoms with E-state index in [-0.39, 0.29) is 11.9 Å². The molecule has 1 saturated carbocycles.